The average molecular weight is 264 g/mol. The predicted molar refractivity (Wildman–Crippen MR) is 56.7 cm³/mol. The molecule has 0 aromatic carbocycles. The molecule has 1 N–H and O–H groups in total. The van der Waals surface area contributed by atoms with Gasteiger partial charge in [-0.1, -0.05) is 0 Å². The van der Waals surface area contributed by atoms with Crippen LogP contribution in [0.5, 0.6) is 5.75 Å². The number of nitrogens with one attached hydrogen (secondary N) is 1. The van der Waals surface area contributed by atoms with Gasteiger partial charge in [0.25, 0.3) is 0 Å². The zero-order valence-electron chi connectivity index (χ0n) is 9.67. The zero-order valence-corrected chi connectivity index (χ0v) is 9.67. The summed E-state index contributed by atoms with van der Waals surface area (Å²) in [6, 6.07) is 2.44. The molecule has 0 amide bonds. The molecular formula is C10H11F3N2O3. The first-order valence-electron chi connectivity index (χ1n) is 4.84. The number of methoxy groups -OCH3 is 1. The summed E-state index contributed by atoms with van der Waals surface area (Å²) in [6.45, 7) is -1.43. The Labute approximate surface area is 101 Å². The second-order valence-electron chi connectivity index (χ2n) is 3.19. The maximum Gasteiger partial charge on any atom is 0.422 e. The van der Waals surface area contributed by atoms with Crippen LogP contribution in [0.4, 0.5) is 19.0 Å². The van der Waals surface area contributed by atoms with Gasteiger partial charge in [-0.25, -0.2) is 9.78 Å². The lowest BCUT2D eigenvalue weighted by atomic mass is 10.3. The molecule has 1 heterocycles. The number of pyridine rings is 1. The Hall–Kier alpha value is -1.99. The number of nitrogens with zero attached hydrogens (tertiary/aromatic N) is 1. The molecule has 100 valence electrons. The standard InChI is InChI=1S/C10H11F3N2O3/c1-14-8-7(18-5-10(11,12)13)4-3-6(15-8)9(16)17-2/h3-4H,5H2,1-2H3,(H,14,15). The van der Waals surface area contributed by atoms with Gasteiger partial charge >= 0.3 is 12.1 Å². The topological polar surface area (TPSA) is 60.5 Å². The Balaban J connectivity index is 2.90. The van der Waals surface area contributed by atoms with Gasteiger partial charge in [-0.2, -0.15) is 13.2 Å². The number of esters is 1. The molecule has 0 bridgehead atoms. The van der Waals surface area contributed by atoms with Crippen molar-refractivity contribution >= 4 is 11.8 Å². The van der Waals surface area contributed by atoms with Crippen molar-refractivity contribution in [1.82, 2.24) is 4.98 Å². The van der Waals surface area contributed by atoms with Crippen LogP contribution >= 0.6 is 0 Å². The summed E-state index contributed by atoms with van der Waals surface area (Å²) in [5.41, 5.74) is -0.0267. The Kier molecular flexibility index (Phi) is 4.35. The summed E-state index contributed by atoms with van der Waals surface area (Å²) in [6.07, 6.45) is -4.44. The third-order valence-electron chi connectivity index (χ3n) is 1.88. The molecule has 0 unspecified atom stereocenters. The van der Waals surface area contributed by atoms with Crippen molar-refractivity contribution in [2.75, 3.05) is 26.1 Å². The van der Waals surface area contributed by atoms with Crippen molar-refractivity contribution in [3.63, 3.8) is 0 Å². The van der Waals surface area contributed by atoms with Gasteiger partial charge in [0.2, 0.25) is 0 Å². The summed E-state index contributed by atoms with van der Waals surface area (Å²) in [5, 5.41) is 2.54. The van der Waals surface area contributed by atoms with Gasteiger partial charge in [-0.3, -0.25) is 0 Å². The lowest BCUT2D eigenvalue weighted by molar-refractivity contribution is -0.153. The summed E-state index contributed by atoms with van der Waals surface area (Å²) < 4.78 is 45.0. The highest BCUT2D eigenvalue weighted by Crippen LogP contribution is 2.25. The number of ether oxygens (including phenoxy) is 2. The lowest BCUT2D eigenvalue weighted by Crippen LogP contribution is -2.20. The van der Waals surface area contributed by atoms with Gasteiger partial charge < -0.3 is 14.8 Å². The largest absolute Gasteiger partial charge is 0.480 e. The molecule has 18 heavy (non-hydrogen) atoms. The van der Waals surface area contributed by atoms with Crippen LogP contribution in [0.1, 0.15) is 10.5 Å². The summed E-state index contributed by atoms with van der Waals surface area (Å²) in [5.74, 6) is -0.751. The van der Waals surface area contributed by atoms with E-state index in [1.807, 2.05) is 0 Å². The molecule has 5 nitrogen and oxygen atoms in total. The third kappa shape index (κ3) is 3.79. The van der Waals surface area contributed by atoms with Gasteiger partial charge in [-0.05, 0) is 12.1 Å². The third-order valence-corrected chi connectivity index (χ3v) is 1.88. The van der Waals surface area contributed by atoms with E-state index in [1.54, 1.807) is 0 Å². The first-order chi connectivity index (χ1) is 8.37. The van der Waals surface area contributed by atoms with Crippen molar-refractivity contribution in [3.05, 3.63) is 17.8 Å². The zero-order chi connectivity index (χ0) is 13.8. The van der Waals surface area contributed by atoms with Crippen molar-refractivity contribution in [2.24, 2.45) is 0 Å². The van der Waals surface area contributed by atoms with Crippen molar-refractivity contribution in [1.29, 1.82) is 0 Å². The molecule has 0 saturated heterocycles. The molecule has 0 aliphatic rings. The second-order valence-corrected chi connectivity index (χ2v) is 3.19. The van der Waals surface area contributed by atoms with Gasteiger partial charge in [0.1, 0.15) is 0 Å². The summed E-state index contributed by atoms with van der Waals surface area (Å²) in [4.78, 5) is 15.0. The summed E-state index contributed by atoms with van der Waals surface area (Å²) in [7, 11) is 2.63. The molecule has 0 saturated carbocycles. The van der Waals surface area contributed by atoms with Crippen LogP contribution < -0.4 is 10.1 Å². The second kappa shape index (κ2) is 5.56. The van der Waals surface area contributed by atoms with Gasteiger partial charge in [0, 0.05) is 7.05 Å². The quantitative estimate of drug-likeness (QED) is 0.841. The van der Waals surface area contributed by atoms with Crippen molar-refractivity contribution in [2.45, 2.75) is 6.18 Å². The van der Waals surface area contributed by atoms with E-state index in [0.717, 1.165) is 0 Å². The SMILES string of the molecule is CNc1nc(C(=O)OC)ccc1OCC(F)(F)F. The minimum absolute atomic E-state index is 0.0267. The number of hydrogen-bond acceptors (Lipinski definition) is 5. The highest BCUT2D eigenvalue weighted by atomic mass is 19.4. The monoisotopic (exact) mass is 264 g/mol. The highest BCUT2D eigenvalue weighted by molar-refractivity contribution is 5.87. The molecular weight excluding hydrogens is 253 g/mol. The molecule has 0 aliphatic carbocycles. The normalized spacial score (nSPS) is 10.9. The fourth-order valence-electron chi connectivity index (χ4n) is 1.12. The minimum Gasteiger partial charge on any atom is -0.480 e. The van der Waals surface area contributed by atoms with Crippen LogP contribution in [0.3, 0.4) is 0 Å². The molecule has 1 rings (SSSR count). The lowest BCUT2D eigenvalue weighted by Gasteiger charge is -2.12. The van der Waals surface area contributed by atoms with E-state index in [0.29, 0.717) is 0 Å². The summed E-state index contributed by atoms with van der Waals surface area (Å²) >= 11 is 0. The predicted octanol–water partition coefficient (Wildman–Crippen LogP) is 1.85. The maximum atomic E-state index is 12.0. The number of alkyl halides is 3. The van der Waals surface area contributed by atoms with Crippen LogP contribution in [0.2, 0.25) is 0 Å². The van der Waals surface area contributed by atoms with E-state index in [1.165, 1.54) is 26.3 Å². The molecule has 0 fully saturated rings. The minimum atomic E-state index is -4.44. The molecule has 0 radical (unpaired) electrons. The first-order valence-corrected chi connectivity index (χ1v) is 4.84. The number of carbonyl (C=O) groups excluding carboxylic acids is 1. The van der Waals surface area contributed by atoms with Gasteiger partial charge in [0.15, 0.2) is 23.9 Å². The van der Waals surface area contributed by atoms with Crippen LogP contribution in [-0.2, 0) is 4.74 Å². The van der Waals surface area contributed by atoms with E-state index in [9.17, 15) is 18.0 Å². The molecule has 0 aliphatic heterocycles. The van der Waals surface area contributed by atoms with E-state index >= 15 is 0 Å². The molecule has 1 aromatic rings. The van der Waals surface area contributed by atoms with E-state index in [-0.39, 0.29) is 17.3 Å². The van der Waals surface area contributed by atoms with Crippen LogP contribution in [0, 0.1) is 0 Å². The van der Waals surface area contributed by atoms with Gasteiger partial charge in [0.05, 0.1) is 7.11 Å². The number of aromatic nitrogens is 1. The number of anilines is 1. The Morgan fingerprint density at radius 3 is 2.61 bits per heavy atom. The fourth-order valence-corrected chi connectivity index (χ4v) is 1.12. The number of hydrogen-bond donors (Lipinski definition) is 1. The highest BCUT2D eigenvalue weighted by Gasteiger charge is 2.29. The molecule has 0 spiro atoms. The number of halogens is 3. The number of carbonyl (C=O) groups is 1. The van der Waals surface area contributed by atoms with Crippen molar-refractivity contribution in [3.8, 4) is 5.75 Å². The van der Waals surface area contributed by atoms with Crippen LogP contribution in [0.25, 0.3) is 0 Å². The van der Waals surface area contributed by atoms with Gasteiger partial charge in [-0.15, -0.1) is 0 Å². The smallest absolute Gasteiger partial charge is 0.422 e. The fraction of sp³-hybridized carbons (Fsp3) is 0.400. The average Bonchev–Trinajstić information content (AvgIpc) is 2.34. The van der Waals surface area contributed by atoms with E-state index in [4.69, 9.17) is 0 Å². The number of rotatable bonds is 4. The van der Waals surface area contributed by atoms with Crippen molar-refractivity contribution < 1.29 is 27.4 Å². The Morgan fingerprint density at radius 1 is 1.44 bits per heavy atom. The Bertz CT molecular complexity index is 435. The van der Waals surface area contributed by atoms with Crippen LogP contribution in [-0.4, -0.2) is 37.9 Å². The van der Waals surface area contributed by atoms with Crippen LogP contribution in [0.15, 0.2) is 12.1 Å². The molecule has 0 atom stereocenters. The van der Waals surface area contributed by atoms with E-state index in [2.05, 4.69) is 19.8 Å². The first kappa shape index (κ1) is 14.1. The Morgan fingerprint density at radius 2 is 2.11 bits per heavy atom. The molecule has 1 aromatic heterocycles. The molecule has 8 heteroatoms. The van der Waals surface area contributed by atoms with E-state index < -0.39 is 18.8 Å². The maximum absolute atomic E-state index is 12.0.